The quantitative estimate of drug-likeness (QED) is 0.830. The van der Waals surface area contributed by atoms with Gasteiger partial charge in [-0.25, -0.2) is 0 Å². The molecule has 1 aromatic carbocycles. The van der Waals surface area contributed by atoms with Crippen LogP contribution >= 0.6 is 15.9 Å². The highest BCUT2D eigenvalue weighted by Gasteiger charge is 2.24. The molecule has 1 rings (SSSR count). The molecule has 0 aliphatic heterocycles. The maximum atomic E-state index is 3.73. The molecule has 0 radical (unpaired) electrons. The molecule has 0 spiro atoms. The molecular formula is C15H24BrN. The molecule has 1 N–H and O–H groups in total. The highest BCUT2D eigenvalue weighted by atomic mass is 79.9. The van der Waals surface area contributed by atoms with Crippen molar-refractivity contribution in [3.63, 3.8) is 0 Å². The molecule has 2 heteroatoms. The van der Waals surface area contributed by atoms with E-state index in [1.807, 2.05) is 0 Å². The predicted molar refractivity (Wildman–Crippen MR) is 79.2 cm³/mol. The molecule has 1 nitrogen and oxygen atoms in total. The second-order valence-corrected chi connectivity index (χ2v) is 6.37. The molecule has 0 aliphatic carbocycles. The van der Waals surface area contributed by atoms with Gasteiger partial charge in [0, 0.05) is 16.1 Å². The Hall–Kier alpha value is -0.340. The van der Waals surface area contributed by atoms with Crippen molar-refractivity contribution in [3.05, 3.63) is 34.3 Å². The van der Waals surface area contributed by atoms with Crippen molar-refractivity contribution in [2.45, 2.75) is 52.6 Å². The highest BCUT2D eigenvalue weighted by molar-refractivity contribution is 9.10. The maximum Gasteiger partial charge on any atom is 0.0379 e. The van der Waals surface area contributed by atoms with Crippen molar-refractivity contribution in [1.82, 2.24) is 5.32 Å². The molecule has 0 bridgehead atoms. The monoisotopic (exact) mass is 297 g/mol. The van der Waals surface area contributed by atoms with Crippen LogP contribution in [0.3, 0.4) is 0 Å². The van der Waals surface area contributed by atoms with E-state index in [0.717, 1.165) is 4.47 Å². The Balaban J connectivity index is 2.77. The predicted octanol–water partition coefficient (Wildman–Crippen LogP) is 4.71. The van der Waals surface area contributed by atoms with E-state index in [4.69, 9.17) is 0 Å². The number of hydrogen-bond acceptors (Lipinski definition) is 1. The zero-order valence-electron chi connectivity index (χ0n) is 11.5. The Kier molecular flexibility index (Phi) is 5.21. The largest absolute Gasteiger partial charge is 0.305 e. The lowest BCUT2D eigenvalue weighted by Crippen LogP contribution is -2.45. The molecule has 0 heterocycles. The molecule has 96 valence electrons. The standard InChI is InChI=1S/C15H24BrN/c1-6-11(2)12(3)17-15(4,5)13-7-9-14(16)10-8-13/h7-12,17H,6H2,1-5H3. The Bertz CT molecular complexity index is 342. The number of halogens is 1. The van der Waals surface area contributed by atoms with E-state index in [2.05, 4.69) is 80.1 Å². The minimum absolute atomic E-state index is 0.0174. The van der Waals surface area contributed by atoms with Crippen LogP contribution < -0.4 is 5.32 Å². The third kappa shape index (κ3) is 4.11. The van der Waals surface area contributed by atoms with Gasteiger partial charge < -0.3 is 5.32 Å². The van der Waals surface area contributed by atoms with Crippen LogP contribution in [-0.2, 0) is 5.54 Å². The van der Waals surface area contributed by atoms with Crippen molar-refractivity contribution in [2.24, 2.45) is 5.92 Å². The van der Waals surface area contributed by atoms with E-state index in [1.54, 1.807) is 0 Å². The molecule has 0 saturated carbocycles. The van der Waals surface area contributed by atoms with Crippen molar-refractivity contribution < 1.29 is 0 Å². The van der Waals surface area contributed by atoms with Crippen LogP contribution in [-0.4, -0.2) is 6.04 Å². The van der Waals surface area contributed by atoms with Crippen LogP contribution in [0.1, 0.15) is 46.6 Å². The Morgan fingerprint density at radius 1 is 1.18 bits per heavy atom. The van der Waals surface area contributed by atoms with E-state index in [1.165, 1.54) is 12.0 Å². The van der Waals surface area contributed by atoms with Crippen molar-refractivity contribution in [2.75, 3.05) is 0 Å². The van der Waals surface area contributed by atoms with E-state index in [9.17, 15) is 0 Å². The summed E-state index contributed by atoms with van der Waals surface area (Å²) in [5.74, 6) is 0.699. The van der Waals surface area contributed by atoms with Gasteiger partial charge >= 0.3 is 0 Å². The van der Waals surface area contributed by atoms with Gasteiger partial charge in [0.15, 0.2) is 0 Å². The first-order valence-corrected chi connectivity index (χ1v) is 7.20. The number of benzene rings is 1. The first-order valence-electron chi connectivity index (χ1n) is 6.40. The third-order valence-corrected chi connectivity index (χ3v) is 4.18. The minimum atomic E-state index is 0.0174. The fourth-order valence-corrected chi connectivity index (χ4v) is 2.28. The van der Waals surface area contributed by atoms with Crippen LogP contribution in [0.4, 0.5) is 0 Å². The molecule has 0 aliphatic rings. The molecule has 2 unspecified atom stereocenters. The van der Waals surface area contributed by atoms with Crippen LogP contribution in [0.2, 0.25) is 0 Å². The molecular weight excluding hydrogens is 274 g/mol. The summed E-state index contributed by atoms with van der Waals surface area (Å²) >= 11 is 3.48. The second kappa shape index (κ2) is 6.01. The Morgan fingerprint density at radius 2 is 1.71 bits per heavy atom. The van der Waals surface area contributed by atoms with Gasteiger partial charge in [-0.15, -0.1) is 0 Å². The highest BCUT2D eigenvalue weighted by Crippen LogP contribution is 2.24. The van der Waals surface area contributed by atoms with Crippen molar-refractivity contribution >= 4 is 15.9 Å². The van der Waals surface area contributed by atoms with Crippen LogP contribution in [0, 0.1) is 5.92 Å². The Morgan fingerprint density at radius 3 is 2.18 bits per heavy atom. The molecule has 17 heavy (non-hydrogen) atoms. The molecule has 0 amide bonds. The average Bonchev–Trinajstić information content (AvgIpc) is 2.27. The zero-order valence-corrected chi connectivity index (χ0v) is 13.1. The molecule has 0 saturated heterocycles. The normalized spacial score (nSPS) is 15.6. The summed E-state index contributed by atoms with van der Waals surface area (Å²) in [6.07, 6.45) is 1.21. The lowest BCUT2D eigenvalue weighted by Gasteiger charge is -2.33. The lowest BCUT2D eigenvalue weighted by atomic mass is 9.91. The second-order valence-electron chi connectivity index (χ2n) is 5.45. The third-order valence-electron chi connectivity index (χ3n) is 3.65. The van der Waals surface area contributed by atoms with Gasteiger partial charge in [-0.1, -0.05) is 48.3 Å². The van der Waals surface area contributed by atoms with E-state index in [-0.39, 0.29) is 5.54 Å². The fourth-order valence-electron chi connectivity index (χ4n) is 2.01. The molecule has 0 aromatic heterocycles. The maximum absolute atomic E-state index is 3.73. The van der Waals surface area contributed by atoms with Crippen molar-refractivity contribution in [3.8, 4) is 0 Å². The van der Waals surface area contributed by atoms with Gasteiger partial charge in [0.05, 0.1) is 0 Å². The van der Waals surface area contributed by atoms with E-state index < -0.39 is 0 Å². The van der Waals surface area contributed by atoms with Gasteiger partial charge in [0.25, 0.3) is 0 Å². The molecule has 0 fully saturated rings. The minimum Gasteiger partial charge on any atom is -0.305 e. The van der Waals surface area contributed by atoms with Gasteiger partial charge in [-0.2, -0.15) is 0 Å². The topological polar surface area (TPSA) is 12.0 Å². The van der Waals surface area contributed by atoms with Crippen LogP contribution in [0.15, 0.2) is 28.7 Å². The first-order chi connectivity index (χ1) is 7.86. The van der Waals surface area contributed by atoms with Crippen molar-refractivity contribution in [1.29, 1.82) is 0 Å². The van der Waals surface area contributed by atoms with E-state index in [0.29, 0.717) is 12.0 Å². The van der Waals surface area contributed by atoms with Gasteiger partial charge in [-0.3, -0.25) is 0 Å². The number of nitrogens with one attached hydrogen (secondary N) is 1. The summed E-state index contributed by atoms with van der Waals surface area (Å²) < 4.78 is 1.13. The summed E-state index contributed by atoms with van der Waals surface area (Å²) in [6, 6.07) is 9.10. The summed E-state index contributed by atoms with van der Waals surface area (Å²) in [7, 11) is 0. The average molecular weight is 298 g/mol. The first kappa shape index (κ1) is 14.7. The summed E-state index contributed by atoms with van der Waals surface area (Å²) in [5, 5.41) is 3.73. The van der Waals surface area contributed by atoms with Gasteiger partial charge in [-0.05, 0) is 44.4 Å². The molecule has 2 atom stereocenters. The fraction of sp³-hybridized carbons (Fsp3) is 0.600. The van der Waals surface area contributed by atoms with Crippen LogP contribution in [0.25, 0.3) is 0 Å². The van der Waals surface area contributed by atoms with Gasteiger partial charge in [0.2, 0.25) is 0 Å². The number of rotatable bonds is 5. The zero-order chi connectivity index (χ0) is 13.1. The van der Waals surface area contributed by atoms with E-state index >= 15 is 0 Å². The summed E-state index contributed by atoms with van der Waals surface area (Å²) in [4.78, 5) is 0. The Labute approximate surface area is 114 Å². The smallest absolute Gasteiger partial charge is 0.0379 e. The lowest BCUT2D eigenvalue weighted by molar-refractivity contribution is 0.289. The molecule has 1 aromatic rings. The van der Waals surface area contributed by atoms with Gasteiger partial charge in [0.1, 0.15) is 0 Å². The van der Waals surface area contributed by atoms with Crippen LogP contribution in [0.5, 0.6) is 0 Å². The summed E-state index contributed by atoms with van der Waals surface area (Å²) in [6.45, 7) is 11.3. The summed E-state index contributed by atoms with van der Waals surface area (Å²) in [5.41, 5.74) is 1.35. The SMILES string of the molecule is CCC(C)C(C)NC(C)(C)c1ccc(Br)cc1. The number of hydrogen-bond donors (Lipinski definition) is 1.